The maximum Gasteiger partial charge on any atom is 0.159 e. The van der Waals surface area contributed by atoms with E-state index in [4.69, 9.17) is 23.2 Å². The Morgan fingerprint density at radius 2 is 1.91 bits per heavy atom. The maximum absolute atomic E-state index is 14.4. The molecule has 0 radical (unpaired) electrons. The second-order valence-corrected chi connectivity index (χ2v) is 6.69. The van der Waals surface area contributed by atoms with Crippen LogP contribution in [0.15, 0.2) is 47.8 Å². The van der Waals surface area contributed by atoms with Crippen molar-refractivity contribution in [1.82, 2.24) is 4.98 Å². The number of hydrogen-bond acceptors (Lipinski definition) is 2. The molecule has 0 aliphatic rings. The first-order chi connectivity index (χ1) is 11.0. The molecule has 0 aliphatic heterocycles. The number of rotatable bonds is 3. The van der Waals surface area contributed by atoms with Gasteiger partial charge in [0.1, 0.15) is 0 Å². The van der Waals surface area contributed by atoms with Crippen LogP contribution in [0.2, 0.25) is 10.0 Å². The topological polar surface area (TPSA) is 12.9 Å². The van der Waals surface area contributed by atoms with Crippen LogP contribution < -0.4 is 0 Å². The lowest BCUT2D eigenvalue weighted by Crippen LogP contribution is -1.83. The zero-order chi connectivity index (χ0) is 16.4. The summed E-state index contributed by atoms with van der Waals surface area (Å²) in [7, 11) is 0. The van der Waals surface area contributed by atoms with Crippen LogP contribution in [0.1, 0.15) is 16.1 Å². The van der Waals surface area contributed by atoms with Gasteiger partial charge in [-0.25, -0.2) is 9.37 Å². The van der Waals surface area contributed by atoms with Gasteiger partial charge in [0.05, 0.1) is 15.7 Å². The fraction of sp³-hybridized carbons (Fsp3) is 0.0556. The third-order valence-electron chi connectivity index (χ3n) is 3.39. The van der Waals surface area contributed by atoms with Crippen molar-refractivity contribution >= 4 is 46.4 Å². The fourth-order valence-electron chi connectivity index (χ4n) is 2.12. The van der Waals surface area contributed by atoms with Crippen molar-refractivity contribution in [2.24, 2.45) is 0 Å². The van der Waals surface area contributed by atoms with Crippen LogP contribution in [0.5, 0.6) is 0 Å². The summed E-state index contributed by atoms with van der Waals surface area (Å²) in [6, 6.07) is 12.9. The zero-order valence-electron chi connectivity index (χ0n) is 12.2. The highest BCUT2D eigenvalue weighted by molar-refractivity contribution is 7.11. The van der Waals surface area contributed by atoms with Crippen LogP contribution in [-0.4, -0.2) is 4.98 Å². The molecule has 1 nitrogen and oxygen atoms in total. The third kappa shape index (κ3) is 3.63. The lowest BCUT2D eigenvalue weighted by molar-refractivity contribution is 0.763. The van der Waals surface area contributed by atoms with Gasteiger partial charge in [0, 0.05) is 10.9 Å². The summed E-state index contributed by atoms with van der Waals surface area (Å²) in [6.45, 7) is 1.95. The molecule has 0 aliphatic carbocycles. The molecule has 23 heavy (non-hydrogen) atoms. The normalized spacial score (nSPS) is 11.7. The Morgan fingerprint density at radius 3 is 2.65 bits per heavy atom. The van der Waals surface area contributed by atoms with Crippen molar-refractivity contribution in [2.45, 2.75) is 6.92 Å². The highest BCUT2D eigenvalue weighted by Crippen LogP contribution is 2.31. The summed E-state index contributed by atoms with van der Waals surface area (Å²) in [5.41, 5.74) is 3.35. The molecule has 0 atom stereocenters. The van der Waals surface area contributed by atoms with E-state index in [1.165, 1.54) is 17.4 Å². The summed E-state index contributed by atoms with van der Waals surface area (Å²) >= 11 is 13.2. The first-order valence-electron chi connectivity index (χ1n) is 6.89. The first kappa shape index (κ1) is 16.2. The van der Waals surface area contributed by atoms with Crippen molar-refractivity contribution in [2.75, 3.05) is 0 Å². The van der Waals surface area contributed by atoms with Gasteiger partial charge in [-0.1, -0.05) is 53.5 Å². The van der Waals surface area contributed by atoms with E-state index in [0.717, 1.165) is 16.7 Å². The van der Waals surface area contributed by atoms with E-state index >= 15 is 0 Å². The minimum absolute atomic E-state index is 0.342. The molecule has 116 valence electrons. The highest BCUT2D eigenvalue weighted by Gasteiger charge is 2.10. The van der Waals surface area contributed by atoms with Gasteiger partial charge in [-0.3, -0.25) is 0 Å². The maximum atomic E-state index is 14.4. The lowest BCUT2D eigenvalue weighted by Gasteiger charge is -2.00. The highest BCUT2D eigenvalue weighted by atomic mass is 35.5. The van der Waals surface area contributed by atoms with E-state index in [9.17, 15) is 4.39 Å². The van der Waals surface area contributed by atoms with Gasteiger partial charge in [-0.15, -0.1) is 11.3 Å². The summed E-state index contributed by atoms with van der Waals surface area (Å²) in [6.07, 6.45) is 1.51. The van der Waals surface area contributed by atoms with Crippen molar-refractivity contribution in [3.05, 3.63) is 74.0 Å². The molecule has 3 rings (SSSR count). The molecule has 0 saturated carbocycles. The van der Waals surface area contributed by atoms with Gasteiger partial charge in [0.2, 0.25) is 0 Å². The Morgan fingerprint density at radius 1 is 1.13 bits per heavy atom. The van der Waals surface area contributed by atoms with E-state index in [-0.39, 0.29) is 5.83 Å². The molecule has 0 unspecified atom stereocenters. The van der Waals surface area contributed by atoms with Crippen molar-refractivity contribution < 1.29 is 4.39 Å². The van der Waals surface area contributed by atoms with Crippen molar-refractivity contribution in [1.29, 1.82) is 0 Å². The molecule has 0 N–H and O–H groups in total. The zero-order valence-corrected chi connectivity index (χ0v) is 14.5. The average Bonchev–Trinajstić information content (AvgIpc) is 3.02. The molecule has 0 bridgehead atoms. The number of thiazole rings is 1. The van der Waals surface area contributed by atoms with Crippen LogP contribution in [0.3, 0.4) is 0 Å². The van der Waals surface area contributed by atoms with E-state index in [1.54, 1.807) is 17.5 Å². The van der Waals surface area contributed by atoms with Crippen LogP contribution in [0, 0.1) is 6.92 Å². The molecular weight excluding hydrogens is 352 g/mol. The number of nitrogens with zero attached hydrogens (tertiary/aromatic N) is 1. The summed E-state index contributed by atoms with van der Waals surface area (Å²) in [5.74, 6) is -0.351. The van der Waals surface area contributed by atoms with Gasteiger partial charge in [0.25, 0.3) is 0 Å². The molecule has 0 spiro atoms. The molecule has 0 fully saturated rings. The average molecular weight is 364 g/mol. The quantitative estimate of drug-likeness (QED) is 0.493. The van der Waals surface area contributed by atoms with Crippen LogP contribution in [0.4, 0.5) is 4.39 Å². The van der Waals surface area contributed by atoms with E-state index in [0.29, 0.717) is 20.7 Å². The van der Waals surface area contributed by atoms with E-state index < -0.39 is 0 Å². The van der Waals surface area contributed by atoms with Crippen LogP contribution in [0.25, 0.3) is 23.2 Å². The molecule has 0 saturated heterocycles. The minimum Gasteiger partial charge on any atom is -0.234 e. The number of aromatic nitrogens is 1. The second kappa shape index (κ2) is 6.83. The molecule has 3 aromatic rings. The van der Waals surface area contributed by atoms with Gasteiger partial charge in [-0.05, 0) is 36.3 Å². The van der Waals surface area contributed by atoms with Gasteiger partial charge in [0.15, 0.2) is 10.8 Å². The van der Waals surface area contributed by atoms with Gasteiger partial charge in [-0.2, -0.15) is 0 Å². The smallest absolute Gasteiger partial charge is 0.159 e. The van der Waals surface area contributed by atoms with Crippen LogP contribution >= 0.6 is 34.5 Å². The molecule has 2 aromatic carbocycles. The fourth-order valence-corrected chi connectivity index (χ4v) is 3.15. The standard InChI is InChI=1S/C18H12Cl2FNS/c1-11-4-2-3-5-12(11)9-16(21)18-22-17(10-23-18)13-6-7-14(19)15(20)8-13/h2-10H,1H3. The van der Waals surface area contributed by atoms with Crippen molar-refractivity contribution in [3.8, 4) is 11.3 Å². The summed E-state index contributed by atoms with van der Waals surface area (Å²) in [5, 5.41) is 3.08. The Hall–Kier alpha value is -1.68. The van der Waals surface area contributed by atoms with Gasteiger partial charge < -0.3 is 0 Å². The van der Waals surface area contributed by atoms with E-state index in [2.05, 4.69) is 4.98 Å². The lowest BCUT2D eigenvalue weighted by atomic mass is 10.1. The SMILES string of the molecule is Cc1ccccc1C=C(F)c1nc(-c2ccc(Cl)c(Cl)c2)cs1. The Labute approximate surface area is 148 Å². The van der Waals surface area contributed by atoms with Gasteiger partial charge >= 0.3 is 0 Å². The molecular formula is C18H12Cl2FNS. The molecule has 1 aromatic heterocycles. The molecule has 1 heterocycles. The largest absolute Gasteiger partial charge is 0.234 e. The summed E-state index contributed by atoms with van der Waals surface area (Å²) < 4.78 is 14.4. The predicted molar refractivity (Wildman–Crippen MR) is 97.7 cm³/mol. The first-order valence-corrected chi connectivity index (χ1v) is 8.52. The number of hydrogen-bond donors (Lipinski definition) is 0. The Kier molecular flexibility index (Phi) is 4.81. The monoisotopic (exact) mass is 363 g/mol. The van der Waals surface area contributed by atoms with E-state index in [1.807, 2.05) is 37.3 Å². The third-order valence-corrected chi connectivity index (χ3v) is 4.98. The molecule has 0 amide bonds. The van der Waals surface area contributed by atoms with Crippen LogP contribution in [-0.2, 0) is 0 Å². The predicted octanol–water partition coefficient (Wildman–Crippen LogP) is 6.89. The number of halogens is 3. The minimum atomic E-state index is -0.351. The molecule has 5 heteroatoms. The second-order valence-electron chi connectivity index (χ2n) is 5.02. The summed E-state index contributed by atoms with van der Waals surface area (Å²) in [4.78, 5) is 4.35. The number of benzene rings is 2. The Bertz CT molecular complexity index is 886. The number of aryl methyl sites for hydroxylation is 1. The van der Waals surface area contributed by atoms with Crippen molar-refractivity contribution in [3.63, 3.8) is 0 Å². The Balaban J connectivity index is 1.92.